The zero-order valence-electron chi connectivity index (χ0n) is 11.2. The van der Waals surface area contributed by atoms with E-state index >= 15 is 0 Å². The predicted octanol–water partition coefficient (Wildman–Crippen LogP) is 4.53. The second kappa shape index (κ2) is 6.53. The fourth-order valence-electron chi connectivity index (χ4n) is 2.89. The fraction of sp³-hybridized carbons (Fsp3) is 0.500. The van der Waals surface area contributed by atoms with Crippen molar-refractivity contribution in [1.29, 1.82) is 0 Å². The molecule has 0 amide bonds. The molecule has 1 aromatic rings. The number of nitrogens with one attached hydrogen (secondary N) is 1. The van der Waals surface area contributed by atoms with Gasteiger partial charge in [0.05, 0.1) is 0 Å². The van der Waals surface area contributed by atoms with Crippen LogP contribution in [0.25, 0.3) is 0 Å². The molecule has 1 N–H and O–H groups in total. The summed E-state index contributed by atoms with van der Waals surface area (Å²) < 4.78 is 1.20. The van der Waals surface area contributed by atoms with Gasteiger partial charge in [-0.1, -0.05) is 52.7 Å². The van der Waals surface area contributed by atoms with E-state index in [9.17, 15) is 0 Å². The van der Waals surface area contributed by atoms with Gasteiger partial charge in [0, 0.05) is 11.0 Å². The highest BCUT2D eigenvalue weighted by Crippen LogP contribution is 2.27. The van der Waals surface area contributed by atoms with Crippen molar-refractivity contribution in [2.45, 2.75) is 33.2 Å². The summed E-state index contributed by atoms with van der Waals surface area (Å²) >= 11 is 3.59. The van der Waals surface area contributed by atoms with Crippen LogP contribution in [0.1, 0.15) is 32.3 Å². The summed E-state index contributed by atoms with van der Waals surface area (Å²) in [5.41, 5.74) is 2.90. The molecular weight excluding hydrogens is 286 g/mol. The van der Waals surface area contributed by atoms with Gasteiger partial charge in [0.25, 0.3) is 0 Å². The first-order chi connectivity index (χ1) is 8.65. The Hall–Kier alpha value is -0.600. The van der Waals surface area contributed by atoms with Crippen molar-refractivity contribution in [3.63, 3.8) is 0 Å². The lowest BCUT2D eigenvalue weighted by Crippen LogP contribution is -2.26. The van der Waals surface area contributed by atoms with Crippen LogP contribution in [-0.4, -0.2) is 6.54 Å². The Morgan fingerprint density at radius 1 is 1.33 bits per heavy atom. The van der Waals surface area contributed by atoms with E-state index in [-0.39, 0.29) is 0 Å². The van der Waals surface area contributed by atoms with Crippen LogP contribution >= 0.6 is 15.9 Å². The molecule has 2 unspecified atom stereocenters. The quantitative estimate of drug-likeness (QED) is 0.806. The summed E-state index contributed by atoms with van der Waals surface area (Å²) in [7, 11) is 0. The predicted molar refractivity (Wildman–Crippen MR) is 81.5 cm³/mol. The molecule has 98 valence electrons. The minimum absolute atomic E-state index is 0.744. The van der Waals surface area contributed by atoms with Crippen LogP contribution in [0.5, 0.6) is 0 Å². The van der Waals surface area contributed by atoms with Crippen LogP contribution in [0.3, 0.4) is 0 Å². The summed E-state index contributed by atoms with van der Waals surface area (Å²) in [6.45, 7) is 6.66. The minimum atomic E-state index is 0.744. The van der Waals surface area contributed by atoms with E-state index in [4.69, 9.17) is 0 Å². The number of hydrogen-bond acceptors (Lipinski definition) is 1. The molecular formula is C16H22BrN. The molecule has 0 aromatic heterocycles. The molecule has 0 fully saturated rings. The average molecular weight is 308 g/mol. The van der Waals surface area contributed by atoms with Crippen molar-refractivity contribution in [3.05, 3.63) is 46.0 Å². The van der Waals surface area contributed by atoms with Gasteiger partial charge in [-0.2, -0.15) is 0 Å². The van der Waals surface area contributed by atoms with Gasteiger partial charge in [-0.15, -0.1) is 0 Å². The molecule has 1 aromatic carbocycles. The Morgan fingerprint density at radius 2 is 2.11 bits per heavy atom. The SMILES string of the molecule is CC1=CC(C)CC(CNCc2ccccc2Br)C1. The second-order valence-corrected chi connectivity index (χ2v) is 6.37. The van der Waals surface area contributed by atoms with Crippen LogP contribution in [0.15, 0.2) is 40.4 Å². The van der Waals surface area contributed by atoms with Gasteiger partial charge in [0.2, 0.25) is 0 Å². The van der Waals surface area contributed by atoms with E-state index in [1.54, 1.807) is 5.57 Å². The van der Waals surface area contributed by atoms with Gasteiger partial charge in [0.15, 0.2) is 0 Å². The maximum atomic E-state index is 3.60. The molecule has 2 heteroatoms. The van der Waals surface area contributed by atoms with Gasteiger partial charge < -0.3 is 5.32 Å². The first kappa shape index (κ1) is 13.8. The van der Waals surface area contributed by atoms with Crippen LogP contribution in [-0.2, 0) is 6.54 Å². The molecule has 0 saturated carbocycles. The average Bonchev–Trinajstić information content (AvgIpc) is 2.30. The van der Waals surface area contributed by atoms with Crippen molar-refractivity contribution in [2.75, 3.05) is 6.54 Å². The lowest BCUT2D eigenvalue weighted by molar-refractivity contribution is 0.381. The van der Waals surface area contributed by atoms with Crippen LogP contribution in [0, 0.1) is 11.8 Å². The standard InChI is InChI=1S/C16H22BrN/c1-12-7-13(2)9-14(8-12)10-18-11-15-5-3-4-6-16(15)17/h3-7,12,14,18H,8-11H2,1-2H3. The molecule has 2 rings (SSSR count). The summed E-state index contributed by atoms with van der Waals surface area (Å²) in [4.78, 5) is 0. The van der Waals surface area contributed by atoms with Crippen molar-refractivity contribution >= 4 is 15.9 Å². The van der Waals surface area contributed by atoms with Crippen molar-refractivity contribution in [3.8, 4) is 0 Å². The van der Waals surface area contributed by atoms with Gasteiger partial charge in [-0.05, 0) is 49.8 Å². The third-order valence-electron chi connectivity index (χ3n) is 3.59. The highest BCUT2D eigenvalue weighted by molar-refractivity contribution is 9.10. The highest BCUT2D eigenvalue weighted by atomic mass is 79.9. The van der Waals surface area contributed by atoms with Crippen LogP contribution in [0.2, 0.25) is 0 Å². The zero-order valence-corrected chi connectivity index (χ0v) is 12.8. The molecule has 0 spiro atoms. The Labute approximate surface area is 119 Å². The molecule has 0 aliphatic heterocycles. The molecule has 1 aliphatic carbocycles. The van der Waals surface area contributed by atoms with E-state index < -0.39 is 0 Å². The lowest BCUT2D eigenvalue weighted by atomic mass is 9.84. The summed E-state index contributed by atoms with van der Waals surface area (Å²) in [5, 5.41) is 3.60. The molecule has 0 bridgehead atoms. The van der Waals surface area contributed by atoms with Crippen molar-refractivity contribution in [1.82, 2.24) is 5.32 Å². The third-order valence-corrected chi connectivity index (χ3v) is 4.36. The molecule has 0 saturated heterocycles. The first-order valence-electron chi connectivity index (χ1n) is 6.76. The topological polar surface area (TPSA) is 12.0 Å². The Kier molecular flexibility index (Phi) is 5.02. The number of allylic oxidation sites excluding steroid dienone is 2. The molecule has 18 heavy (non-hydrogen) atoms. The fourth-order valence-corrected chi connectivity index (χ4v) is 3.32. The van der Waals surface area contributed by atoms with Gasteiger partial charge in [-0.3, -0.25) is 0 Å². The van der Waals surface area contributed by atoms with Crippen LogP contribution < -0.4 is 5.32 Å². The van der Waals surface area contributed by atoms with Crippen molar-refractivity contribution < 1.29 is 0 Å². The summed E-state index contributed by atoms with van der Waals surface area (Å²) in [5.74, 6) is 1.54. The third kappa shape index (κ3) is 3.96. The second-order valence-electron chi connectivity index (χ2n) is 5.52. The molecule has 1 aliphatic rings. The van der Waals surface area contributed by atoms with Gasteiger partial charge in [-0.25, -0.2) is 0 Å². The largest absolute Gasteiger partial charge is 0.312 e. The number of halogens is 1. The van der Waals surface area contributed by atoms with E-state index in [0.717, 1.165) is 24.9 Å². The van der Waals surface area contributed by atoms with E-state index in [2.05, 4.69) is 65.4 Å². The molecule has 0 heterocycles. The van der Waals surface area contributed by atoms with E-state index in [1.807, 2.05) is 0 Å². The van der Waals surface area contributed by atoms with Gasteiger partial charge >= 0.3 is 0 Å². The Bertz CT molecular complexity index is 425. The highest BCUT2D eigenvalue weighted by Gasteiger charge is 2.17. The number of benzene rings is 1. The Morgan fingerprint density at radius 3 is 2.83 bits per heavy atom. The lowest BCUT2D eigenvalue weighted by Gasteiger charge is -2.25. The first-order valence-corrected chi connectivity index (χ1v) is 7.56. The van der Waals surface area contributed by atoms with Gasteiger partial charge in [0.1, 0.15) is 0 Å². The van der Waals surface area contributed by atoms with E-state index in [0.29, 0.717) is 0 Å². The van der Waals surface area contributed by atoms with Crippen molar-refractivity contribution in [2.24, 2.45) is 11.8 Å². The summed E-state index contributed by atoms with van der Waals surface area (Å²) in [6.07, 6.45) is 5.00. The maximum Gasteiger partial charge on any atom is 0.0220 e. The monoisotopic (exact) mass is 307 g/mol. The number of hydrogen-bond donors (Lipinski definition) is 1. The van der Waals surface area contributed by atoms with E-state index in [1.165, 1.54) is 22.9 Å². The zero-order chi connectivity index (χ0) is 13.0. The Balaban J connectivity index is 1.80. The molecule has 2 atom stereocenters. The molecule has 0 radical (unpaired) electrons. The smallest absolute Gasteiger partial charge is 0.0220 e. The maximum absolute atomic E-state index is 3.60. The van der Waals surface area contributed by atoms with Crippen LogP contribution in [0.4, 0.5) is 0 Å². The normalized spacial score (nSPS) is 23.8. The molecule has 1 nitrogen and oxygen atoms in total. The summed E-state index contributed by atoms with van der Waals surface area (Å²) in [6, 6.07) is 8.43. The minimum Gasteiger partial charge on any atom is -0.312 e. The number of rotatable bonds is 4.